The van der Waals surface area contributed by atoms with Gasteiger partial charge in [0.05, 0.1) is 0 Å². The quantitative estimate of drug-likeness (QED) is 0.903. The number of aliphatic carboxylic acids is 1. The zero-order valence-electron chi connectivity index (χ0n) is 11.2. The molecule has 0 aliphatic carbocycles. The van der Waals surface area contributed by atoms with Crippen LogP contribution in [0.25, 0.3) is 0 Å². The standard InChI is InChI=1S/C14H17F2NO3/c1-14(12(18)19)7-2-8-17(14)9-10-3-5-11(6-4-10)20-13(15)16/h3-6,13H,2,7-9H2,1H3,(H,18,19). The predicted molar refractivity (Wildman–Crippen MR) is 68.8 cm³/mol. The summed E-state index contributed by atoms with van der Waals surface area (Å²) in [5, 5.41) is 9.32. The number of likely N-dealkylation sites (tertiary alicyclic amines) is 1. The maximum Gasteiger partial charge on any atom is 0.387 e. The van der Waals surface area contributed by atoms with E-state index < -0.39 is 18.1 Å². The Morgan fingerprint density at radius 3 is 2.65 bits per heavy atom. The lowest BCUT2D eigenvalue weighted by Gasteiger charge is -2.31. The number of carbonyl (C=O) groups is 1. The topological polar surface area (TPSA) is 49.8 Å². The normalized spacial score (nSPS) is 23.2. The van der Waals surface area contributed by atoms with Gasteiger partial charge in [0.2, 0.25) is 0 Å². The van der Waals surface area contributed by atoms with E-state index in [4.69, 9.17) is 0 Å². The van der Waals surface area contributed by atoms with Crippen molar-refractivity contribution in [1.82, 2.24) is 4.90 Å². The Morgan fingerprint density at radius 2 is 2.10 bits per heavy atom. The Hall–Kier alpha value is -1.69. The molecule has 0 saturated carbocycles. The summed E-state index contributed by atoms with van der Waals surface area (Å²) < 4.78 is 28.4. The number of nitrogens with zero attached hydrogens (tertiary/aromatic N) is 1. The van der Waals surface area contributed by atoms with Gasteiger partial charge in [-0.3, -0.25) is 9.69 Å². The molecular formula is C14H17F2NO3. The molecular weight excluding hydrogens is 268 g/mol. The molecule has 1 atom stereocenters. The number of rotatable bonds is 5. The van der Waals surface area contributed by atoms with Crippen LogP contribution in [0.1, 0.15) is 25.3 Å². The van der Waals surface area contributed by atoms with Gasteiger partial charge in [0.15, 0.2) is 0 Å². The van der Waals surface area contributed by atoms with Crippen LogP contribution < -0.4 is 4.74 Å². The van der Waals surface area contributed by atoms with E-state index in [1.807, 2.05) is 4.90 Å². The lowest BCUT2D eigenvalue weighted by Crippen LogP contribution is -2.47. The first-order chi connectivity index (χ1) is 9.41. The fourth-order valence-corrected chi connectivity index (χ4v) is 2.51. The average Bonchev–Trinajstić information content (AvgIpc) is 2.74. The molecule has 1 saturated heterocycles. The summed E-state index contributed by atoms with van der Waals surface area (Å²) in [5.41, 5.74) is 0.0269. The Morgan fingerprint density at radius 1 is 1.45 bits per heavy atom. The van der Waals surface area contributed by atoms with E-state index in [1.54, 1.807) is 19.1 Å². The maximum atomic E-state index is 12.0. The van der Waals surface area contributed by atoms with E-state index >= 15 is 0 Å². The predicted octanol–water partition coefficient (Wildman–Crippen LogP) is 2.73. The minimum Gasteiger partial charge on any atom is -0.480 e. The molecule has 1 heterocycles. The minimum atomic E-state index is -2.84. The van der Waals surface area contributed by atoms with Gasteiger partial charge in [-0.1, -0.05) is 12.1 Å². The van der Waals surface area contributed by atoms with E-state index in [0.29, 0.717) is 13.0 Å². The van der Waals surface area contributed by atoms with E-state index in [0.717, 1.165) is 18.5 Å². The van der Waals surface area contributed by atoms with Crippen LogP contribution in [-0.4, -0.2) is 34.7 Å². The number of carboxylic acid groups (broad SMARTS) is 1. The van der Waals surface area contributed by atoms with Crippen LogP contribution >= 0.6 is 0 Å². The van der Waals surface area contributed by atoms with Crippen molar-refractivity contribution in [3.05, 3.63) is 29.8 Å². The van der Waals surface area contributed by atoms with Crippen molar-refractivity contribution < 1.29 is 23.4 Å². The van der Waals surface area contributed by atoms with E-state index in [1.165, 1.54) is 12.1 Å². The molecule has 0 radical (unpaired) electrons. The average molecular weight is 285 g/mol. The summed E-state index contributed by atoms with van der Waals surface area (Å²) in [5.74, 6) is -0.723. The third-order valence-electron chi connectivity index (χ3n) is 3.77. The second-order valence-corrected chi connectivity index (χ2v) is 5.13. The summed E-state index contributed by atoms with van der Waals surface area (Å²) in [6.07, 6.45) is 1.46. The molecule has 0 amide bonds. The number of benzene rings is 1. The molecule has 110 valence electrons. The summed E-state index contributed by atoms with van der Waals surface area (Å²) in [4.78, 5) is 13.3. The molecule has 20 heavy (non-hydrogen) atoms. The van der Waals surface area contributed by atoms with Crippen LogP contribution in [-0.2, 0) is 11.3 Å². The molecule has 1 aliphatic heterocycles. The first-order valence-corrected chi connectivity index (χ1v) is 6.44. The molecule has 1 aromatic carbocycles. The zero-order chi connectivity index (χ0) is 14.8. The molecule has 0 bridgehead atoms. The van der Waals surface area contributed by atoms with Gasteiger partial charge in [0, 0.05) is 6.54 Å². The molecule has 1 aliphatic rings. The molecule has 1 aromatic rings. The minimum absolute atomic E-state index is 0.103. The fraction of sp³-hybridized carbons (Fsp3) is 0.500. The number of alkyl halides is 2. The number of hydrogen-bond donors (Lipinski definition) is 1. The van der Waals surface area contributed by atoms with Crippen LogP contribution in [0.3, 0.4) is 0 Å². The highest BCUT2D eigenvalue weighted by molar-refractivity contribution is 5.78. The fourth-order valence-electron chi connectivity index (χ4n) is 2.51. The van der Waals surface area contributed by atoms with Gasteiger partial charge in [0.25, 0.3) is 0 Å². The Balaban J connectivity index is 2.04. The molecule has 4 nitrogen and oxygen atoms in total. The Bertz CT molecular complexity index is 478. The second-order valence-electron chi connectivity index (χ2n) is 5.13. The molecule has 1 fully saturated rings. The number of hydrogen-bond acceptors (Lipinski definition) is 3. The molecule has 1 unspecified atom stereocenters. The maximum absolute atomic E-state index is 12.0. The Labute approximate surface area is 116 Å². The van der Waals surface area contributed by atoms with Gasteiger partial charge in [-0.15, -0.1) is 0 Å². The van der Waals surface area contributed by atoms with Crippen molar-refractivity contribution in [2.75, 3.05) is 6.54 Å². The first-order valence-electron chi connectivity index (χ1n) is 6.44. The third kappa shape index (κ3) is 3.07. The molecule has 0 spiro atoms. The Kier molecular flexibility index (Phi) is 4.23. The summed E-state index contributed by atoms with van der Waals surface area (Å²) in [6, 6.07) is 6.29. The summed E-state index contributed by atoms with van der Waals surface area (Å²) in [6.45, 7) is 0.0849. The molecule has 6 heteroatoms. The van der Waals surface area contributed by atoms with Gasteiger partial charge in [-0.2, -0.15) is 8.78 Å². The van der Waals surface area contributed by atoms with Crippen molar-refractivity contribution in [3.63, 3.8) is 0 Å². The zero-order valence-corrected chi connectivity index (χ0v) is 11.2. The monoisotopic (exact) mass is 285 g/mol. The molecule has 0 aromatic heterocycles. The van der Waals surface area contributed by atoms with Crippen LogP contribution in [0.4, 0.5) is 8.78 Å². The van der Waals surface area contributed by atoms with Crippen molar-refractivity contribution in [2.24, 2.45) is 0 Å². The van der Waals surface area contributed by atoms with Gasteiger partial charge in [0.1, 0.15) is 11.3 Å². The smallest absolute Gasteiger partial charge is 0.387 e. The lowest BCUT2D eigenvalue weighted by molar-refractivity contribution is -0.148. The highest BCUT2D eigenvalue weighted by atomic mass is 19.3. The number of ether oxygens (including phenoxy) is 1. The summed E-state index contributed by atoms with van der Waals surface area (Å²) >= 11 is 0. The second kappa shape index (κ2) is 5.75. The van der Waals surface area contributed by atoms with E-state index in [-0.39, 0.29) is 5.75 Å². The van der Waals surface area contributed by atoms with Gasteiger partial charge in [-0.05, 0) is 44.0 Å². The van der Waals surface area contributed by atoms with Crippen LogP contribution in [0.5, 0.6) is 5.75 Å². The first kappa shape index (κ1) is 14.7. The van der Waals surface area contributed by atoms with Gasteiger partial charge in [-0.25, -0.2) is 0 Å². The van der Waals surface area contributed by atoms with Crippen molar-refractivity contribution >= 4 is 5.97 Å². The molecule has 1 N–H and O–H groups in total. The number of carboxylic acids is 1. The highest BCUT2D eigenvalue weighted by Gasteiger charge is 2.43. The SMILES string of the molecule is CC1(C(=O)O)CCCN1Cc1ccc(OC(F)F)cc1. The largest absolute Gasteiger partial charge is 0.480 e. The third-order valence-corrected chi connectivity index (χ3v) is 3.77. The van der Waals surface area contributed by atoms with Crippen molar-refractivity contribution in [1.29, 1.82) is 0 Å². The van der Waals surface area contributed by atoms with Gasteiger partial charge >= 0.3 is 12.6 Å². The van der Waals surface area contributed by atoms with Crippen LogP contribution in [0.2, 0.25) is 0 Å². The van der Waals surface area contributed by atoms with Gasteiger partial charge < -0.3 is 9.84 Å². The van der Waals surface area contributed by atoms with Crippen LogP contribution in [0, 0.1) is 0 Å². The van der Waals surface area contributed by atoms with E-state index in [9.17, 15) is 18.7 Å². The van der Waals surface area contributed by atoms with Crippen LogP contribution in [0.15, 0.2) is 24.3 Å². The van der Waals surface area contributed by atoms with Crippen molar-refractivity contribution in [3.8, 4) is 5.75 Å². The van der Waals surface area contributed by atoms with Crippen molar-refractivity contribution in [2.45, 2.75) is 38.5 Å². The highest BCUT2D eigenvalue weighted by Crippen LogP contribution is 2.31. The lowest BCUT2D eigenvalue weighted by atomic mass is 9.99. The summed E-state index contributed by atoms with van der Waals surface area (Å²) in [7, 11) is 0. The number of halogens is 2. The van der Waals surface area contributed by atoms with E-state index in [2.05, 4.69) is 4.74 Å². The molecule has 2 rings (SSSR count).